The number of nitrogens with one attached hydrogen (secondary N) is 2. The molecule has 8 nitrogen and oxygen atoms in total. The van der Waals surface area contributed by atoms with E-state index >= 15 is 0 Å². The van der Waals surface area contributed by atoms with Gasteiger partial charge in [0.05, 0.1) is 13.5 Å². The highest BCUT2D eigenvalue weighted by molar-refractivity contribution is 5.86. The molecule has 0 spiro atoms. The Kier molecular flexibility index (Phi) is 5.00. The molecule has 2 aliphatic rings. The van der Waals surface area contributed by atoms with E-state index in [4.69, 9.17) is 5.11 Å². The number of esters is 1. The minimum atomic E-state index is -1.28. The molecule has 0 aromatic rings. The van der Waals surface area contributed by atoms with Gasteiger partial charge < -0.3 is 20.5 Å². The van der Waals surface area contributed by atoms with E-state index < -0.39 is 30.4 Å². The molecule has 0 aromatic heterocycles. The van der Waals surface area contributed by atoms with Crippen LogP contribution < -0.4 is 10.6 Å². The summed E-state index contributed by atoms with van der Waals surface area (Å²) in [4.78, 5) is 36.3. The molecule has 1 unspecified atom stereocenters. The number of methoxy groups -OCH3 is 1. The van der Waals surface area contributed by atoms with Gasteiger partial charge in [0.1, 0.15) is 6.04 Å². The zero-order valence-electron chi connectivity index (χ0n) is 12.0. The number of rotatable bonds is 6. The number of hydrogen-bond donors (Lipinski definition) is 3. The van der Waals surface area contributed by atoms with Gasteiger partial charge in [-0.15, -0.1) is 0 Å². The van der Waals surface area contributed by atoms with Gasteiger partial charge in [-0.25, -0.2) is 9.59 Å². The van der Waals surface area contributed by atoms with Gasteiger partial charge in [-0.05, 0) is 19.3 Å². The third-order valence-corrected chi connectivity index (χ3v) is 3.82. The first kappa shape index (κ1) is 15.6. The van der Waals surface area contributed by atoms with Gasteiger partial charge >= 0.3 is 18.0 Å². The summed E-state index contributed by atoms with van der Waals surface area (Å²) in [7, 11) is 1.17. The number of carbonyl (C=O) groups is 3. The number of aliphatic carboxylic acids is 1. The molecule has 2 atom stereocenters. The third-order valence-electron chi connectivity index (χ3n) is 3.82. The Morgan fingerprint density at radius 3 is 2.62 bits per heavy atom. The molecule has 8 heteroatoms. The Morgan fingerprint density at radius 1 is 1.33 bits per heavy atom. The van der Waals surface area contributed by atoms with E-state index in [9.17, 15) is 14.4 Å². The topological polar surface area (TPSA) is 108 Å². The number of carbonyl (C=O) groups excluding carboxylic acids is 2. The lowest BCUT2D eigenvalue weighted by atomic mass is 10.2. The van der Waals surface area contributed by atoms with Crippen molar-refractivity contribution in [2.24, 2.45) is 0 Å². The minimum Gasteiger partial charge on any atom is -0.480 e. The molecule has 1 aliphatic carbocycles. The van der Waals surface area contributed by atoms with Crippen molar-refractivity contribution in [3.63, 3.8) is 0 Å². The highest BCUT2D eigenvalue weighted by Gasteiger charge is 2.35. The van der Waals surface area contributed by atoms with Crippen LogP contribution in [0.15, 0.2) is 0 Å². The first-order valence-corrected chi connectivity index (χ1v) is 7.10. The second-order valence-electron chi connectivity index (χ2n) is 5.50. The van der Waals surface area contributed by atoms with Gasteiger partial charge in [0.25, 0.3) is 0 Å². The summed E-state index contributed by atoms with van der Waals surface area (Å²) in [5, 5.41) is 14.1. The van der Waals surface area contributed by atoms with Crippen LogP contribution in [-0.2, 0) is 14.3 Å². The SMILES string of the molecule is COC(=O)C[C@H](NC(=O)NC1CCN(C2CC2)C1)C(=O)O. The number of carboxylic acids is 1. The largest absolute Gasteiger partial charge is 0.480 e. The van der Waals surface area contributed by atoms with Crippen molar-refractivity contribution in [3.8, 4) is 0 Å². The lowest BCUT2D eigenvalue weighted by Gasteiger charge is -2.18. The molecule has 2 amide bonds. The number of carboxylic acid groups (broad SMARTS) is 1. The molecular formula is C13H21N3O5. The Balaban J connectivity index is 1.76. The molecular weight excluding hydrogens is 278 g/mol. The van der Waals surface area contributed by atoms with Gasteiger partial charge in [0.15, 0.2) is 0 Å². The quantitative estimate of drug-likeness (QED) is 0.573. The fourth-order valence-electron chi connectivity index (χ4n) is 2.51. The van der Waals surface area contributed by atoms with Crippen molar-refractivity contribution in [2.75, 3.05) is 20.2 Å². The normalized spacial score (nSPS) is 23.4. The van der Waals surface area contributed by atoms with Gasteiger partial charge in [-0.3, -0.25) is 9.69 Å². The second-order valence-corrected chi connectivity index (χ2v) is 5.50. The Bertz CT molecular complexity index is 424. The predicted octanol–water partition coefficient (Wildman–Crippen LogP) is -0.461. The maximum absolute atomic E-state index is 11.8. The molecule has 0 radical (unpaired) electrons. The maximum atomic E-state index is 11.8. The maximum Gasteiger partial charge on any atom is 0.326 e. The summed E-state index contributed by atoms with van der Waals surface area (Å²) < 4.78 is 4.41. The van der Waals surface area contributed by atoms with E-state index in [1.165, 1.54) is 20.0 Å². The molecule has 0 aromatic carbocycles. The van der Waals surface area contributed by atoms with E-state index in [0.29, 0.717) is 6.04 Å². The highest BCUT2D eigenvalue weighted by Crippen LogP contribution is 2.29. The van der Waals surface area contributed by atoms with Crippen LogP contribution in [0.4, 0.5) is 4.79 Å². The number of amides is 2. The molecule has 1 aliphatic heterocycles. The van der Waals surface area contributed by atoms with Crippen molar-refractivity contribution >= 4 is 18.0 Å². The van der Waals surface area contributed by atoms with Crippen molar-refractivity contribution in [2.45, 2.75) is 43.8 Å². The van der Waals surface area contributed by atoms with E-state index in [-0.39, 0.29) is 6.04 Å². The Hall–Kier alpha value is -1.83. The van der Waals surface area contributed by atoms with Crippen LogP contribution in [0.1, 0.15) is 25.7 Å². The van der Waals surface area contributed by atoms with E-state index in [0.717, 1.165) is 19.5 Å². The summed E-state index contributed by atoms with van der Waals surface area (Å²) in [6.07, 6.45) is 2.91. The van der Waals surface area contributed by atoms with Gasteiger partial charge in [-0.1, -0.05) is 0 Å². The average molecular weight is 299 g/mol. The van der Waals surface area contributed by atoms with Crippen LogP contribution in [0.25, 0.3) is 0 Å². The van der Waals surface area contributed by atoms with Gasteiger partial charge in [0, 0.05) is 25.2 Å². The lowest BCUT2D eigenvalue weighted by molar-refractivity contribution is -0.147. The van der Waals surface area contributed by atoms with E-state index in [2.05, 4.69) is 20.3 Å². The van der Waals surface area contributed by atoms with Crippen molar-refractivity contribution < 1.29 is 24.2 Å². The molecule has 21 heavy (non-hydrogen) atoms. The van der Waals surface area contributed by atoms with Crippen LogP contribution >= 0.6 is 0 Å². The van der Waals surface area contributed by atoms with E-state index in [1.807, 2.05) is 0 Å². The fraction of sp³-hybridized carbons (Fsp3) is 0.769. The summed E-state index contributed by atoms with van der Waals surface area (Å²) in [6, 6.07) is -1.16. The molecule has 0 bridgehead atoms. The number of urea groups is 1. The number of hydrogen-bond acceptors (Lipinski definition) is 5. The Morgan fingerprint density at radius 2 is 2.05 bits per heavy atom. The van der Waals surface area contributed by atoms with Gasteiger partial charge in [0.2, 0.25) is 0 Å². The van der Waals surface area contributed by atoms with Crippen LogP contribution in [0.5, 0.6) is 0 Å². The summed E-state index contributed by atoms with van der Waals surface area (Å²) in [5.74, 6) is -1.94. The fourth-order valence-corrected chi connectivity index (χ4v) is 2.51. The molecule has 2 fully saturated rings. The first-order chi connectivity index (χ1) is 9.99. The summed E-state index contributed by atoms with van der Waals surface area (Å²) in [6.45, 7) is 1.76. The summed E-state index contributed by atoms with van der Waals surface area (Å²) >= 11 is 0. The van der Waals surface area contributed by atoms with Crippen LogP contribution in [0, 0.1) is 0 Å². The smallest absolute Gasteiger partial charge is 0.326 e. The molecule has 1 saturated heterocycles. The average Bonchev–Trinajstić information content (AvgIpc) is 3.18. The standard InChI is InChI=1S/C13H21N3O5/c1-21-11(17)6-10(12(18)19)15-13(20)14-8-4-5-16(7-8)9-2-3-9/h8-10H,2-7H2,1H3,(H,18,19)(H2,14,15,20)/t8?,10-/m0/s1. The molecule has 1 saturated carbocycles. The number of likely N-dealkylation sites (tertiary alicyclic amines) is 1. The highest BCUT2D eigenvalue weighted by atomic mass is 16.5. The second kappa shape index (κ2) is 6.75. The minimum absolute atomic E-state index is 0.0261. The Labute approximate surface area is 122 Å². The van der Waals surface area contributed by atoms with Crippen LogP contribution in [0.3, 0.4) is 0 Å². The van der Waals surface area contributed by atoms with Crippen LogP contribution in [-0.4, -0.2) is 66.3 Å². The first-order valence-electron chi connectivity index (χ1n) is 7.10. The zero-order valence-corrected chi connectivity index (χ0v) is 12.0. The van der Waals surface area contributed by atoms with Crippen molar-refractivity contribution in [1.82, 2.24) is 15.5 Å². The van der Waals surface area contributed by atoms with Gasteiger partial charge in [-0.2, -0.15) is 0 Å². The van der Waals surface area contributed by atoms with Crippen molar-refractivity contribution in [1.29, 1.82) is 0 Å². The third kappa shape index (κ3) is 4.59. The predicted molar refractivity (Wildman–Crippen MR) is 72.7 cm³/mol. The molecule has 3 N–H and O–H groups in total. The van der Waals surface area contributed by atoms with Crippen molar-refractivity contribution in [3.05, 3.63) is 0 Å². The zero-order chi connectivity index (χ0) is 15.4. The summed E-state index contributed by atoms with van der Waals surface area (Å²) in [5.41, 5.74) is 0. The van der Waals surface area contributed by atoms with E-state index in [1.54, 1.807) is 0 Å². The molecule has 1 heterocycles. The molecule has 2 rings (SSSR count). The number of nitrogens with zero attached hydrogens (tertiary/aromatic N) is 1. The van der Waals surface area contributed by atoms with Crippen LogP contribution in [0.2, 0.25) is 0 Å². The monoisotopic (exact) mass is 299 g/mol. The number of ether oxygens (including phenoxy) is 1. The lowest BCUT2D eigenvalue weighted by Crippen LogP contribution is -2.50. The molecule has 118 valence electrons.